The zero-order chi connectivity index (χ0) is 15.8. The summed E-state index contributed by atoms with van der Waals surface area (Å²) in [5.74, 6) is -1.84. The Hall–Kier alpha value is -2.00. The average Bonchev–Trinajstić information content (AvgIpc) is 2.38. The summed E-state index contributed by atoms with van der Waals surface area (Å²) in [4.78, 5) is 22.3. The third-order valence-corrected chi connectivity index (χ3v) is 4.55. The highest BCUT2D eigenvalue weighted by molar-refractivity contribution is 7.89. The molecule has 1 aromatic carbocycles. The largest absolute Gasteiger partial charge is 0.396 e. The lowest BCUT2D eigenvalue weighted by Gasteiger charge is -2.21. The number of benzene rings is 1. The van der Waals surface area contributed by atoms with E-state index in [0.29, 0.717) is 0 Å². The summed E-state index contributed by atoms with van der Waals surface area (Å²) in [6.45, 7) is 1.39. The number of halogens is 1. The summed E-state index contributed by atoms with van der Waals surface area (Å²) in [5, 5.41) is 2.05. The molecular formula is C12H14FN3O4S. The molecule has 0 aliphatic carbocycles. The minimum atomic E-state index is -4.04. The molecule has 0 spiro atoms. The van der Waals surface area contributed by atoms with Gasteiger partial charge in [-0.2, -0.15) is 4.72 Å². The zero-order valence-electron chi connectivity index (χ0n) is 11.1. The predicted molar refractivity (Wildman–Crippen MR) is 72.0 cm³/mol. The van der Waals surface area contributed by atoms with Crippen LogP contribution in [0.3, 0.4) is 0 Å². The number of carbonyl (C=O) groups is 2. The molecule has 0 aromatic heterocycles. The maximum Gasteiger partial charge on any atom is 0.244 e. The molecule has 1 aliphatic rings. The maximum atomic E-state index is 13.4. The van der Waals surface area contributed by atoms with E-state index in [1.165, 1.54) is 6.92 Å². The number of hydrogen-bond acceptors (Lipinski definition) is 5. The second kappa shape index (κ2) is 5.41. The van der Waals surface area contributed by atoms with E-state index in [4.69, 9.17) is 5.73 Å². The van der Waals surface area contributed by atoms with Crippen LogP contribution in [0.1, 0.15) is 18.4 Å². The number of anilines is 1. The molecule has 114 valence electrons. The van der Waals surface area contributed by atoms with Crippen molar-refractivity contribution >= 4 is 27.5 Å². The molecule has 9 heteroatoms. The molecule has 2 amide bonds. The van der Waals surface area contributed by atoms with Crippen molar-refractivity contribution in [3.05, 3.63) is 23.5 Å². The van der Waals surface area contributed by atoms with Crippen LogP contribution in [0, 0.1) is 12.7 Å². The third-order valence-electron chi connectivity index (χ3n) is 3.10. The number of amides is 2. The lowest BCUT2D eigenvalue weighted by atomic mass is 10.1. The summed E-state index contributed by atoms with van der Waals surface area (Å²) < 4.78 is 40.0. The first-order chi connectivity index (χ1) is 9.70. The third kappa shape index (κ3) is 3.19. The van der Waals surface area contributed by atoms with Gasteiger partial charge in [-0.3, -0.25) is 14.9 Å². The second-order valence-electron chi connectivity index (χ2n) is 4.77. The van der Waals surface area contributed by atoms with Crippen molar-refractivity contribution in [2.75, 3.05) is 5.73 Å². The van der Waals surface area contributed by atoms with Crippen molar-refractivity contribution in [2.24, 2.45) is 0 Å². The minimum absolute atomic E-state index is 0.0451. The number of carbonyl (C=O) groups excluding carboxylic acids is 2. The summed E-state index contributed by atoms with van der Waals surface area (Å²) in [6, 6.07) is 1.07. The highest BCUT2D eigenvalue weighted by atomic mass is 32.2. The molecule has 0 bridgehead atoms. The van der Waals surface area contributed by atoms with Gasteiger partial charge in [0.15, 0.2) is 0 Å². The first-order valence-electron chi connectivity index (χ1n) is 6.12. The quantitative estimate of drug-likeness (QED) is 0.527. The van der Waals surface area contributed by atoms with Gasteiger partial charge in [-0.25, -0.2) is 12.8 Å². The molecule has 0 saturated carbocycles. The molecule has 1 unspecified atom stereocenters. The van der Waals surface area contributed by atoms with Crippen molar-refractivity contribution in [3.63, 3.8) is 0 Å². The molecule has 0 radical (unpaired) electrons. The van der Waals surface area contributed by atoms with Crippen LogP contribution in [0.15, 0.2) is 17.0 Å². The number of nitrogens with one attached hydrogen (secondary N) is 2. The van der Waals surface area contributed by atoms with Gasteiger partial charge in [0.05, 0.1) is 10.6 Å². The van der Waals surface area contributed by atoms with E-state index < -0.39 is 33.7 Å². The van der Waals surface area contributed by atoms with Crippen molar-refractivity contribution < 1.29 is 22.4 Å². The fourth-order valence-corrected chi connectivity index (χ4v) is 3.33. The number of aryl methyl sites for hydroxylation is 1. The number of nitrogens with two attached hydrogens (primary N) is 1. The van der Waals surface area contributed by atoms with Gasteiger partial charge in [0.2, 0.25) is 21.8 Å². The fourth-order valence-electron chi connectivity index (χ4n) is 1.98. The Labute approximate surface area is 120 Å². The van der Waals surface area contributed by atoms with Gasteiger partial charge in [0.25, 0.3) is 0 Å². The summed E-state index contributed by atoms with van der Waals surface area (Å²) in [5.41, 5.74) is 5.19. The van der Waals surface area contributed by atoms with Crippen LogP contribution < -0.4 is 15.8 Å². The van der Waals surface area contributed by atoms with Crippen LogP contribution in [-0.2, 0) is 19.6 Å². The minimum Gasteiger partial charge on any atom is -0.396 e. The van der Waals surface area contributed by atoms with Crippen LogP contribution in [0.5, 0.6) is 0 Å². The highest BCUT2D eigenvalue weighted by Crippen LogP contribution is 2.21. The van der Waals surface area contributed by atoms with Crippen LogP contribution in [-0.4, -0.2) is 26.3 Å². The number of rotatable bonds is 3. The normalized spacial score (nSPS) is 19.4. The Morgan fingerprint density at radius 3 is 2.62 bits per heavy atom. The number of piperidine rings is 1. The Morgan fingerprint density at radius 2 is 2.05 bits per heavy atom. The van der Waals surface area contributed by atoms with Crippen LogP contribution in [0.25, 0.3) is 0 Å². The van der Waals surface area contributed by atoms with Gasteiger partial charge in [0, 0.05) is 6.42 Å². The zero-order valence-corrected chi connectivity index (χ0v) is 12.0. The van der Waals surface area contributed by atoms with E-state index in [9.17, 15) is 22.4 Å². The van der Waals surface area contributed by atoms with E-state index in [1.54, 1.807) is 0 Å². The fraction of sp³-hybridized carbons (Fsp3) is 0.333. The molecule has 21 heavy (non-hydrogen) atoms. The Balaban J connectivity index is 2.27. The van der Waals surface area contributed by atoms with Crippen LogP contribution in [0.2, 0.25) is 0 Å². The summed E-state index contributed by atoms with van der Waals surface area (Å²) >= 11 is 0. The molecule has 2 rings (SSSR count). The highest BCUT2D eigenvalue weighted by Gasteiger charge is 2.31. The monoisotopic (exact) mass is 315 g/mol. The summed E-state index contributed by atoms with van der Waals surface area (Å²) in [7, 11) is -4.04. The first-order valence-corrected chi connectivity index (χ1v) is 7.60. The predicted octanol–water partition coefficient (Wildman–Crippen LogP) is -0.200. The van der Waals surface area contributed by atoms with Gasteiger partial charge < -0.3 is 5.73 Å². The molecule has 1 aromatic rings. The number of nitrogen functional groups attached to an aromatic ring is 1. The van der Waals surface area contributed by atoms with Crippen molar-refractivity contribution in [3.8, 4) is 0 Å². The van der Waals surface area contributed by atoms with Crippen molar-refractivity contribution in [1.29, 1.82) is 0 Å². The lowest BCUT2D eigenvalue weighted by Crippen LogP contribution is -2.52. The van der Waals surface area contributed by atoms with E-state index in [2.05, 4.69) is 4.72 Å². The molecule has 1 atom stereocenters. The topological polar surface area (TPSA) is 118 Å². The van der Waals surface area contributed by atoms with Gasteiger partial charge in [-0.15, -0.1) is 0 Å². The standard InChI is InChI=1S/C12H14FN3O4S/c1-6-4-7(5-8(14)11(6)13)21(19,20)16-9-2-3-10(17)15-12(9)18/h4-5,9,16H,2-3,14H2,1H3,(H,15,17,18). The molecule has 4 N–H and O–H groups in total. The summed E-state index contributed by atoms with van der Waals surface area (Å²) in [6.07, 6.45) is 0.114. The van der Waals surface area contributed by atoms with Gasteiger partial charge in [0.1, 0.15) is 11.9 Å². The molecular weight excluding hydrogens is 301 g/mol. The molecule has 1 heterocycles. The smallest absolute Gasteiger partial charge is 0.244 e. The van der Waals surface area contributed by atoms with Crippen LogP contribution in [0.4, 0.5) is 10.1 Å². The van der Waals surface area contributed by atoms with Crippen LogP contribution >= 0.6 is 0 Å². The van der Waals surface area contributed by atoms with Crippen molar-refractivity contribution in [2.45, 2.75) is 30.7 Å². The molecule has 1 fully saturated rings. The molecule has 1 saturated heterocycles. The molecule has 7 nitrogen and oxygen atoms in total. The van der Waals surface area contributed by atoms with Gasteiger partial charge in [-0.05, 0) is 31.0 Å². The lowest BCUT2D eigenvalue weighted by molar-refractivity contribution is -0.134. The van der Waals surface area contributed by atoms with E-state index >= 15 is 0 Å². The molecule has 1 aliphatic heterocycles. The number of imide groups is 1. The van der Waals surface area contributed by atoms with Gasteiger partial charge in [-0.1, -0.05) is 0 Å². The SMILES string of the molecule is Cc1cc(S(=O)(=O)NC2CCC(=O)NC2=O)cc(N)c1F. The number of hydrogen-bond donors (Lipinski definition) is 3. The first kappa shape index (κ1) is 15.4. The van der Waals surface area contributed by atoms with E-state index in [-0.39, 0.29) is 29.0 Å². The average molecular weight is 315 g/mol. The van der Waals surface area contributed by atoms with Gasteiger partial charge >= 0.3 is 0 Å². The number of sulfonamides is 1. The van der Waals surface area contributed by atoms with E-state index in [1.807, 2.05) is 5.32 Å². The Morgan fingerprint density at radius 1 is 1.38 bits per heavy atom. The van der Waals surface area contributed by atoms with E-state index in [0.717, 1.165) is 12.1 Å². The second-order valence-corrected chi connectivity index (χ2v) is 6.48. The maximum absolute atomic E-state index is 13.4. The van der Waals surface area contributed by atoms with Crippen molar-refractivity contribution in [1.82, 2.24) is 10.0 Å². The Kier molecular flexibility index (Phi) is 3.97. The Bertz CT molecular complexity index is 694.